The van der Waals surface area contributed by atoms with Crippen molar-refractivity contribution in [2.75, 3.05) is 32.8 Å². The number of piperidine rings is 1. The van der Waals surface area contributed by atoms with Crippen molar-refractivity contribution in [3.05, 3.63) is 29.8 Å². The Hall–Kier alpha value is -1.57. The molecule has 4 heteroatoms. The maximum atomic E-state index is 8.76. The molecule has 2 unspecified atom stereocenters. The molecule has 0 aromatic heterocycles. The molecular weight excluding hydrogens is 250 g/mol. The van der Waals surface area contributed by atoms with Crippen LogP contribution in [0.1, 0.15) is 18.4 Å². The minimum absolute atomic E-state index is 0.674. The summed E-state index contributed by atoms with van der Waals surface area (Å²) in [6, 6.07) is 10.2. The molecule has 0 bridgehead atoms. The Labute approximate surface area is 120 Å². The van der Waals surface area contributed by atoms with E-state index in [1.807, 2.05) is 12.1 Å². The van der Waals surface area contributed by atoms with Crippen LogP contribution in [0.5, 0.6) is 5.75 Å². The Morgan fingerprint density at radius 2 is 2.15 bits per heavy atom. The second kappa shape index (κ2) is 6.25. The third kappa shape index (κ3) is 2.95. The van der Waals surface area contributed by atoms with Gasteiger partial charge in [-0.3, -0.25) is 4.90 Å². The fraction of sp³-hybridized carbons (Fsp3) is 0.562. The zero-order chi connectivity index (χ0) is 13.8. The molecule has 0 radical (unpaired) electrons. The van der Waals surface area contributed by atoms with Gasteiger partial charge >= 0.3 is 0 Å². The number of nitriles is 1. The van der Waals surface area contributed by atoms with E-state index in [9.17, 15) is 0 Å². The number of hydrogen-bond acceptors (Lipinski definition) is 4. The summed E-state index contributed by atoms with van der Waals surface area (Å²) in [6.07, 6.45) is 2.67. The van der Waals surface area contributed by atoms with Gasteiger partial charge in [-0.1, -0.05) is 0 Å². The van der Waals surface area contributed by atoms with E-state index in [1.54, 1.807) is 12.1 Å². The SMILES string of the molecule is N#Cc1ccc(OCCN2CCCC3CNCC32)cc1. The molecular formula is C16H21N3O. The van der Waals surface area contributed by atoms with Crippen molar-refractivity contribution in [1.29, 1.82) is 5.26 Å². The molecule has 2 heterocycles. The van der Waals surface area contributed by atoms with E-state index in [0.29, 0.717) is 11.6 Å². The zero-order valence-electron chi connectivity index (χ0n) is 11.7. The fourth-order valence-electron chi connectivity index (χ4n) is 3.35. The quantitative estimate of drug-likeness (QED) is 0.904. The van der Waals surface area contributed by atoms with Crippen LogP contribution in [-0.2, 0) is 0 Å². The molecule has 3 rings (SSSR count). The number of hydrogen-bond donors (Lipinski definition) is 1. The summed E-state index contributed by atoms with van der Waals surface area (Å²) in [6.45, 7) is 5.21. The van der Waals surface area contributed by atoms with Gasteiger partial charge in [-0.15, -0.1) is 0 Å². The Bertz CT molecular complexity index is 479. The third-order valence-corrected chi connectivity index (χ3v) is 4.42. The standard InChI is InChI=1S/C16H21N3O/c17-10-13-3-5-15(6-4-13)20-9-8-19-7-1-2-14-11-18-12-16(14)19/h3-6,14,16,18H,1-2,7-9,11-12H2. The maximum Gasteiger partial charge on any atom is 0.119 e. The van der Waals surface area contributed by atoms with Crippen LogP contribution in [0.2, 0.25) is 0 Å². The van der Waals surface area contributed by atoms with Gasteiger partial charge in [0.15, 0.2) is 0 Å². The predicted molar refractivity (Wildman–Crippen MR) is 77.6 cm³/mol. The summed E-state index contributed by atoms with van der Waals surface area (Å²) < 4.78 is 5.79. The van der Waals surface area contributed by atoms with Crippen molar-refractivity contribution in [1.82, 2.24) is 10.2 Å². The van der Waals surface area contributed by atoms with Crippen LogP contribution in [0, 0.1) is 17.2 Å². The molecule has 2 aliphatic heterocycles. The first-order chi connectivity index (χ1) is 9.86. The lowest BCUT2D eigenvalue weighted by molar-refractivity contribution is 0.105. The number of nitrogens with zero attached hydrogens (tertiary/aromatic N) is 2. The van der Waals surface area contributed by atoms with Crippen molar-refractivity contribution in [3.8, 4) is 11.8 Å². The molecule has 0 saturated carbocycles. The smallest absolute Gasteiger partial charge is 0.119 e. The second-order valence-corrected chi connectivity index (χ2v) is 5.65. The summed E-state index contributed by atoms with van der Waals surface area (Å²) in [4.78, 5) is 2.57. The van der Waals surface area contributed by atoms with Gasteiger partial charge < -0.3 is 10.1 Å². The second-order valence-electron chi connectivity index (χ2n) is 5.65. The van der Waals surface area contributed by atoms with Crippen molar-refractivity contribution >= 4 is 0 Å². The Balaban J connectivity index is 1.48. The zero-order valence-corrected chi connectivity index (χ0v) is 11.7. The highest BCUT2D eigenvalue weighted by atomic mass is 16.5. The number of ether oxygens (including phenoxy) is 1. The van der Waals surface area contributed by atoms with Crippen LogP contribution in [0.3, 0.4) is 0 Å². The lowest BCUT2D eigenvalue weighted by Crippen LogP contribution is -2.46. The molecule has 1 aromatic rings. The average Bonchev–Trinajstić information content (AvgIpc) is 2.97. The number of nitrogens with one attached hydrogen (secondary N) is 1. The molecule has 0 spiro atoms. The highest BCUT2D eigenvalue weighted by Gasteiger charge is 2.34. The van der Waals surface area contributed by atoms with E-state index in [4.69, 9.17) is 10.00 Å². The fourth-order valence-corrected chi connectivity index (χ4v) is 3.35. The van der Waals surface area contributed by atoms with E-state index in [2.05, 4.69) is 16.3 Å². The van der Waals surface area contributed by atoms with Crippen molar-refractivity contribution in [3.63, 3.8) is 0 Å². The average molecular weight is 271 g/mol. The molecule has 0 aliphatic carbocycles. The number of rotatable bonds is 4. The molecule has 2 aliphatic rings. The van der Waals surface area contributed by atoms with Crippen LogP contribution >= 0.6 is 0 Å². The molecule has 106 valence electrons. The van der Waals surface area contributed by atoms with Crippen molar-refractivity contribution < 1.29 is 4.74 Å². The first-order valence-corrected chi connectivity index (χ1v) is 7.44. The molecule has 2 fully saturated rings. The summed E-state index contributed by atoms with van der Waals surface area (Å²) in [5.74, 6) is 1.68. The predicted octanol–water partition coefficient (Wildman–Crippen LogP) is 1.62. The topological polar surface area (TPSA) is 48.3 Å². The molecule has 1 N–H and O–H groups in total. The van der Waals surface area contributed by atoms with Gasteiger partial charge in [0, 0.05) is 19.1 Å². The van der Waals surface area contributed by atoms with Gasteiger partial charge in [-0.25, -0.2) is 0 Å². The normalized spacial score (nSPS) is 25.9. The Kier molecular flexibility index (Phi) is 4.19. The van der Waals surface area contributed by atoms with Crippen LogP contribution in [-0.4, -0.2) is 43.7 Å². The van der Waals surface area contributed by atoms with Gasteiger partial charge in [0.25, 0.3) is 0 Å². The number of likely N-dealkylation sites (tertiary alicyclic amines) is 1. The maximum absolute atomic E-state index is 8.76. The van der Waals surface area contributed by atoms with Gasteiger partial charge in [-0.05, 0) is 56.1 Å². The molecule has 2 atom stereocenters. The summed E-state index contributed by atoms with van der Waals surface area (Å²) >= 11 is 0. The van der Waals surface area contributed by atoms with Crippen molar-refractivity contribution in [2.45, 2.75) is 18.9 Å². The summed E-state index contributed by atoms with van der Waals surface area (Å²) in [7, 11) is 0. The first-order valence-electron chi connectivity index (χ1n) is 7.44. The van der Waals surface area contributed by atoms with E-state index in [1.165, 1.54) is 25.9 Å². The van der Waals surface area contributed by atoms with Crippen LogP contribution < -0.4 is 10.1 Å². The minimum atomic E-state index is 0.674. The van der Waals surface area contributed by atoms with Crippen LogP contribution in [0.15, 0.2) is 24.3 Å². The summed E-state index contributed by atoms with van der Waals surface area (Å²) in [5.41, 5.74) is 0.674. The monoisotopic (exact) mass is 271 g/mol. The minimum Gasteiger partial charge on any atom is -0.492 e. The number of fused-ring (bicyclic) bond motifs is 1. The van der Waals surface area contributed by atoms with Gasteiger partial charge in [-0.2, -0.15) is 5.26 Å². The Morgan fingerprint density at radius 1 is 1.30 bits per heavy atom. The molecule has 0 amide bonds. The third-order valence-electron chi connectivity index (χ3n) is 4.42. The van der Waals surface area contributed by atoms with E-state index in [-0.39, 0.29) is 0 Å². The molecule has 20 heavy (non-hydrogen) atoms. The highest BCUT2D eigenvalue weighted by Crippen LogP contribution is 2.26. The Morgan fingerprint density at radius 3 is 2.95 bits per heavy atom. The van der Waals surface area contributed by atoms with E-state index >= 15 is 0 Å². The van der Waals surface area contributed by atoms with Gasteiger partial charge in [0.1, 0.15) is 12.4 Å². The molecule has 1 aromatic carbocycles. The van der Waals surface area contributed by atoms with E-state index < -0.39 is 0 Å². The van der Waals surface area contributed by atoms with Gasteiger partial charge in [0.2, 0.25) is 0 Å². The largest absolute Gasteiger partial charge is 0.492 e. The van der Waals surface area contributed by atoms with Crippen molar-refractivity contribution in [2.24, 2.45) is 5.92 Å². The lowest BCUT2D eigenvalue weighted by Gasteiger charge is -2.36. The molecule has 2 saturated heterocycles. The van der Waals surface area contributed by atoms with Gasteiger partial charge in [0.05, 0.1) is 11.6 Å². The van der Waals surface area contributed by atoms with Crippen LogP contribution in [0.4, 0.5) is 0 Å². The highest BCUT2D eigenvalue weighted by molar-refractivity contribution is 5.34. The molecule has 4 nitrogen and oxygen atoms in total. The summed E-state index contributed by atoms with van der Waals surface area (Å²) in [5, 5.41) is 12.3. The van der Waals surface area contributed by atoms with E-state index in [0.717, 1.165) is 31.4 Å². The number of benzene rings is 1. The van der Waals surface area contributed by atoms with Crippen LogP contribution in [0.25, 0.3) is 0 Å². The first kappa shape index (κ1) is 13.4. The lowest BCUT2D eigenvalue weighted by atomic mass is 9.92.